The van der Waals surface area contributed by atoms with E-state index in [1.807, 2.05) is 0 Å². The summed E-state index contributed by atoms with van der Waals surface area (Å²) in [5.41, 5.74) is 4.55. The molecule has 24 heavy (non-hydrogen) atoms. The second kappa shape index (κ2) is 5.78. The van der Waals surface area contributed by atoms with Gasteiger partial charge in [0.1, 0.15) is 5.39 Å². The highest BCUT2D eigenvalue weighted by Crippen LogP contribution is 2.26. The topological polar surface area (TPSA) is 75.6 Å². The molecule has 0 saturated heterocycles. The maximum atomic E-state index is 12.1. The maximum Gasteiger partial charge on any atom is 0.263 e. The van der Waals surface area contributed by atoms with E-state index in [0.717, 1.165) is 6.42 Å². The number of H-pyrrole nitrogens is 1. The predicted molar refractivity (Wildman–Crippen MR) is 94.3 cm³/mol. The number of fused-ring (bicyclic) bond motifs is 2. The van der Waals surface area contributed by atoms with Gasteiger partial charge in [-0.3, -0.25) is 14.5 Å². The van der Waals surface area contributed by atoms with Crippen molar-refractivity contribution in [1.29, 1.82) is 0 Å². The molecule has 0 unspecified atom stereocenters. The van der Waals surface area contributed by atoms with Crippen molar-refractivity contribution in [3.8, 4) is 0 Å². The fraction of sp³-hybridized carbons (Fsp3) is 0.389. The van der Waals surface area contributed by atoms with E-state index >= 15 is 0 Å². The Morgan fingerprint density at radius 2 is 2.04 bits per heavy atom. The van der Waals surface area contributed by atoms with Gasteiger partial charge in [0.2, 0.25) is 5.95 Å². The van der Waals surface area contributed by atoms with Crippen LogP contribution in [0.1, 0.15) is 42.5 Å². The Balaban J connectivity index is 1.63. The van der Waals surface area contributed by atoms with E-state index in [4.69, 9.17) is 0 Å². The van der Waals surface area contributed by atoms with E-state index in [-0.39, 0.29) is 11.6 Å². The fourth-order valence-corrected chi connectivity index (χ4v) is 3.41. The number of benzene rings is 1. The molecule has 2 N–H and O–H groups in total. The summed E-state index contributed by atoms with van der Waals surface area (Å²) in [6.45, 7) is 2.08. The van der Waals surface area contributed by atoms with Crippen molar-refractivity contribution in [3.63, 3.8) is 0 Å². The largest absolute Gasteiger partial charge is 0.349 e. The zero-order valence-electron chi connectivity index (χ0n) is 14.0. The molecular weight excluding hydrogens is 302 g/mol. The van der Waals surface area contributed by atoms with Gasteiger partial charge in [0.25, 0.3) is 5.56 Å². The number of aryl methyl sites for hydroxylation is 3. The number of hydrogen-bond donors (Lipinski definition) is 2. The van der Waals surface area contributed by atoms with Crippen LogP contribution in [0.15, 0.2) is 29.2 Å². The van der Waals surface area contributed by atoms with E-state index in [1.165, 1.54) is 42.1 Å². The monoisotopic (exact) mass is 323 g/mol. The Morgan fingerprint density at radius 3 is 2.88 bits per heavy atom. The molecule has 6 nitrogen and oxygen atoms in total. The summed E-state index contributed by atoms with van der Waals surface area (Å²) in [6, 6.07) is 6.75. The molecular formula is C18H21N5O. The zero-order chi connectivity index (χ0) is 16.7. The first kappa shape index (κ1) is 14.9. The van der Waals surface area contributed by atoms with E-state index in [1.54, 1.807) is 11.7 Å². The lowest BCUT2D eigenvalue weighted by atomic mass is 9.89. The van der Waals surface area contributed by atoms with Gasteiger partial charge in [-0.2, -0.15) is 10.1 Å². The first-order chi connectivity index (χ1) is 11.6. The Morgan fingerprint density at radius 1 is 1.25 bits per heavy atom. The van der Waals surface area contributed by atoms with Gasteiger partial charge in [-0.25, -0.2) is 0 Å². The maximum absolute atomic E-state index is 12.1. The summed E-state index contributed by atoms with van der Waals surface area (Å²) in [7, 11) is 1.78. The normalized spacial score (nSPS) is 15.2. The van der Waals surface area contributed by atoms with Crippen LogP contribution in [0.5, 0.6) is 0 Å². The average molecular weight is 323 g/mol. The number of anilines is 1. The van der Waals surface area contributed by atoms with Gasteiger partial charge in [-0.15, -0.1) is 0 Å². The molecule has 0 radical (unpaired) electrons. The number of nitrogens with zero attached hydrogens (tertiary/aromatic N) is 3. The summed E-state index contributed by atoms with van der Waals surface area (Å²) in [5, 5.41) is 7.90. The molecule has 2 aromatic heterocycles. The number of aromatic amines is 1. The van der Waals surface area contributed by atoms with Gasteiger partial charge in [-0.05, 0) is 49.3 Å². The van der Waals surface area contributed by atoms with Gasteiger partial charge in [0, 0.05) is 7.05 Å². The van der Waals surface area contributed by atoms with Crippen molar-refractivity contribution in [1.82, 2.24) is 19.7 Å². The summed E-state index contributed by atoms with van der Waals surface area (Å²) in [4.78, 5) is 19.4. The first-order valence-corrected chi connectivity index (χ1v) is 8.42. The van der Waals surface area contributed by atoms with Crippen LogP contribution in [-0.4, -0.2) is 19.7 Å². The van der Waals surface area contributed by atoms with Gasteiger partial charge in [0.05, 0.1) is 12.2 Å². The molecule has 3 aromatic rings. The summed E-state index contributed by atoms with van der Waals surface area (Å²) in [6.07, 6.45) is 6.44. The summed E-state index contributed by atoms with van der Waals surface area (Å²) in [5.74, 6) is 0.473. The third kappa shape index (κ3) is 2.58. The molecule has 1 aromatic carbocycles. The molecule has 6 heteroatoms. The van der Waals surface area contributed by atoms with Crippen LogP contribution >= 0.6 is 0 Å². The molecule has 0 spiro atoms. The lowest BCUT2D eigenvalue weighted by Crippen LogP contribution is -2.16. The van der Waals surface area contributed by atoms with Crippen LogP contribution in [0.25, 0.3) is 11.0 Å². The van der Waals surface area contributed by atoms with Crippen molar-refractivity contribution < 1.29 is 0 Å². The molecule has 4 rings (SSSR count). The Bertz CT molecular complexity index is 956. The quantitative estimate of drug-likeness (QED) is 0.777. The highest BCUT2D eigenvalue weighted by molar-refractivity contribution is 5.74. The van der Waals surface area contributed by atoms with Crippen LogP contribution in [0, 0.1) is 0 Å². The standard InChI is InChI=1S/C18H21N5O/c1-11(13-8-7-12-5-3-4-6-14(12)9-13)20-18-21-16-15(17(24)22-18)10-19-23(16)2/h7-11H,3-6H2,1-2H3,(H2,20,21,22,24)/t11-/m1/s1. The second-order valence-electron chi connectivity index (χ2n) is 6.52. The number of nitrogens with one attached hydrogen (secondary N) is 2. The lowest BCUT2D eigenvalue weighted by Gasteiger charge is -2.20. The van der Waals surface area contributed by atoms with E-state index < -0.39 is 0 Å². The number of aromatic nitrogens is 4. The molecule has 0 aliphatic heterocycles. The van der Waals surface area contributed by atoms with Crippen molar-refractivity contribution in [3.05, 3.63) is 51.4 Å². The zero-order valence-corrected chi connectivity index (χ0v) is 14.0. The first-order valence-electron chi connectivity index (χ1n) is 8.42. The van der Waals surface area contributed by atoms with Gasteiger partial charge >= 0.3 is 0 Å². The summed E-state index contributed by atoms with van der Waals surface area (Å²) >= 11 is 0. The van der Waals surface area contributed by atoms with Gasteiger partial charge < -0.3 is 5.32 Å². The minimum absolute atomic E-state index is 0.0612. The third-order valence-corrected chi connectivity index (χ3v) is 4.83. The third-order valence-electron chi connectivity index (χ3n) is 4.83. The Kier molecular flexibility index (Phi) is 3.59. The van der Waals surface area contributed by atoms with Crippen LogP contribution < -0.4 is 10.9 Å². The molecule has 0 amide bonds. The average Bonchev–Trinajstić information content (AvgIpc) is 2.96. The second-order valence-corrected chi connectivity index (χ2v) is 6.52. The van der Waals surface area contributed by atoms with Crippen LogP contribution in [0.2, 0.25) is 0 Å². The fourth-order valence-electron chi connectivity index (χ4n) is 3.41. The lowest BCUT2D eigenvalue weighted by molar-refractivity contribution is 0.682. The molecule has 0 fully saturated rings. The van der Waals surface area contributed by atoms with Crippen molar-refractivity contribution in [2.45, 2.75) is 38.6 Å². The number of hydrogen-bond acceptors (Lipinski definition) is 4. The van der Waals surface area contributed by atoms with Crippen molar-refractivity contribution in [2.24, 2.45) is 7.05 Å². The Labute approximate surface area is 139 Å². The van der Waals surface area contributed by atoms with Crippen LogP contribution in [-0.2, 0) is 19.9 Å². The van der Waals surface area contributed by atoms with Crippen molar-refractivity contribution >= 4 is 17.0 Å². The van der Waals surface area contributed by atoms with E-state index in [9.17, 15) is 4.79 Å². The molecule has 1 aliphatic carbocycles. The molecule has 0 bridgehead atoms. The number of rotatable bonds is 3. The van der Waals surface area contributed by atoms with Gasteiger partial charge in [0.15, 0.2) is 5.65 Å². The van der Waals surface area contributed by atoms with Gasteiger partial charge in [-0.1, -0.05) is 18.2 Å². The molecule has 1 aliphatic rings. The van der Waals surface area contributed by atoms with E-state index in [0.29, 0.717) is 17.0 Å². The minimum atomic E-state index is -0.173. The highest BCUT2D eigenvalue weighted by atomic mass is 16.1. The smallest absolute Gasteiger partial charge is 0.263 e. The molecule has 124 valence electrons. The molecule has 0 saturated carbocycles. The highest BCUT2D eigenvalue weighted by Gasteiger charge is 2.14. The predicted octanol–water partition coefficient (Wildman–Crippen LogP) is 2.71. The minimum Gasteiger partial charge on any atom is -0.349 e. The summed E-state index contributed by atoms with van der Waals surface area (Å²) < 4.78 is 1.61. The van der Waals surface area contributed by atoms with Crippen LogP contribution in [0.4, 0.5) is 5.95 Å². The van der Waals surface area contributed by atoms with Crippen LogP contribution in [0.3, 0.4) is 0 Å². The SMILES string of the molecule is C[C@@H](Nc1nc2c(cnn2C)c(=O)[nH]1)c1ccc2c(c1)CCCC2. The van der Waals surface area contributed by atoms with Crippen molar-refractivity contribution in [2.75, 3.05) is 5.32 Å². The van der Waals surface area contributed by atoms with E-state index in [2.05, 4.69) is 45.5 Å². The Hall–Kier alpha value is -2.63. The molecule has 1 atom stereocenters. The molecule has 2 heterocycles.